The number of amides is 2. The second-order valence-electron chi connectivity index (χ2n) is 4.88. The Kier molecular flexibility index (Phi) is 4.24. The van der Waals surface area contributed by atoms with Crippen molar-refractivity contribution in [2.75, 3.05) is 0 Å². The Balaban J connectivity index is 3.89. The summed E-state index contributed by atoms with van der Waals surface area (Å²) in [6.45, 7) is 12.1. The van der Waals surface area contributed by atoms with Crippen LogP contribution in [-0.2, 0) is 0 Å². The fourth-order valence-electron chi connectivity index (χ4n) is 0.750. The van der Waals surface area contributed by atoms with Gasteiger partial charge in [-0.25, -0.2) is 4.79 Å². The molecule has 0 aliphatic rings. The van der Waals surface area contributed by atoms with E-state index >= 15 is 0 Å². The van der Waals surface area contributed by atoms with Crippen molar-refractivity contribution in [2.45, 2.75) is 53.1 Å². The van der Waals surface area contributed by atoms with Gasteiger partial charge in [0.05, 0.1) is 0 Å². The number of urea groups is 1. The van der Waals surface area contributed by atoms with Gasteiger partial charge in [0, 0.05) is 11.6 Å². The summed E-state index contributed by atoms with van der Waals surface area (Å²) in [6, 6.07) is 0.121. The van der Waals surface area contributed by atoms with Gasteiger partial charge in [-0.2, -0.15) is 0 Å². The molecular formula is C10H22N2O. The smallest absolute Gasteiger partial charge is 0.315 e. The molecule has 3 heteroatoms. The average Bonchev–Trinajstić information content (AvgIpc) is 1.81. The van der Waals surface area contributed by atoms with E-state index in [1.54, 1.807) is 0 Å². The highest BCUT2D eigenvalue weighted by molar-refractivity contribution is 5.74. The van der Waals surface area contributed by atoms with Crippen molar-refractivity contribution >= 4 is 6.03 Å². The van der Waals surface area contributed by atoms with E-state index in [-0.39, 0.29) is 17.6 Å². The zero-order chi connectivity index (χ0) is 10.6. The summed E-state index contributed by atoms with van der Waals surface area (Å²) in [7, 11) is 0. The molecule has 1 unspecified atom stereocenters. The quantitative estimate of drug-likeness (QED) is 0.681. The fraction of sp³-hybridized carbons (Fsp3) is 0.900. The van der Waals surface area contributed by atoms with E-state index < -0.39 is 0 Å². The van der Waals surface area contributed by atoms with Gasteiger partial charge in [-0.05, 0) is 33.6 Å². The minimum absolute atomic E-state index is 0.0892. The van der Waals surface area contributed by atoms with Crippen LogP contribution in [-0.4, -0.2) is 17.6 Å². The van der Waals surface area contributed by atoms with Gasteiger partial charge in [0.2, 0.25) is 0 Å². The lowest BCUT2D eigenvalue weighted by molar-refractivity contribution is 0.225. The Morgan fingerprint density at radius 3 is 1.92 bits per heavy atom. The molecular weight excluding hydrogens is 164 g/mol. The van der Waals surface area contributed by atoms with Gasteiger partial charge < -0.3 is 10.6 Å². The third-order valence-corrected chi connectivity index (χ3v) is 1.85. The van der Waals surface area contributed by atoms with Crippen LogP contribution in [0.3, 0.4) is 0 Å². The Hall–Kier alpha value is -0.730. The lowest BCUT2D eigenvalue weighted by Crippen LogP contribution is -2.49. The maximum absolute atomic E-state index is 11.4. The third-order valence-electron chi connectivity index (χ3n) is 1.85. The molecule has 0 aromatic rings. The molecule has 13 heavy (non-hydrogen) atoms. The lowest BCUT2D eigenvalue weighted by atomic mass is 10.1. The molecule has 0 fully saturated rings. The summed E-state index contributed by atoms with van der Waals surface area (Å²) in [5.74, 6) is 0.464. The second kappa shape index (κ2) is 4.49. The Morgan fingerprint density at radius 1 is 1.15 bits per heavy atom. The van der Waals surface area contributed by atoms with Crippen LogP contribution in [0.5, 0.6) is 0 Å². The van der Waals surface area contributed by atoms with Gasteiger partial charge in [-0.15, -0.1) is 0 Å². The Bertz CT molecular complexity index is 170. The van der Waals surface area contributed by atoms with Crippen LogP contribution in [0.2, 0.25) is 0 Å². The predicted molar refractivity (Wildman–Crippen MR) is 55.7 cm³/mol. The topological polar surface area (TPSA) is 41.1 Å². The monoisotopic (exact) mass is 186 g/mol. The van der Waals surface area contributed by atoms with Crippen LogP contribution in [0.4, 0.5) is 4.79 Å². The number of hydrogen-bond donors (Lipinski definition) is 2. The van der Waals surface area contributed by atoms with Crippen molar-refractivity contribution in [3.05, 3.63) is 0 Å². The predicted octanol–water partition coefficient (Wildman–Crippen LogP) is 2.13. The largest absolute Gasteiger partial charge is 0.335 e. The molecule has 3 nitrogen and oxygen atoms in total. The summed E-state index contributed by atoms with van der Waals surface area (Å²) < 4.78 is 0. The first-order chi connectivity index (χ1) is 5.72. The van der Waals surface area contributed by atoms with Gasteiger partial charge in [-0.1, -0.05) is 13.8 Å². The van der Waals surface area contributed by atoms with Crippen LogP contribution in [0, 0.1) is 5.92 Å². The lowest BCUT2D eigenvalue weighted by Gasteiger charge is -2.24. The maximum Gasteiger partial charge on any atom is 0.315 e. The molecule has 0 heterocycles. The molecule has 0 aromatic heterocycles. The van der Waals surface area contributed by atoms with Crippen LogP contribution >= 0.6 is 0 Å². The van der Waals surface area contributed by atoms with E-state index in [1.165, 1.54) is 0 Å². The van der Waals surface area contributed by atoms with Gasteiger partial charge >= 0.3 is 6.03 Å². The molecule has 78 valence electrons. The highest BCUT2D eigenvalue weighted by Crippen LogP contribution is 2.01. The summed E-state index contributed by atoms with van der Waals surface area (Å²) >= 11 is 0. The van der Waals surface area contributed by atoms with E-state index in [2.05, 4.69) is 24.5 Å². The molecule has 0 aliphatic carbocycles. The number of carbonyl (C=O) groups excluding carboxylic acids is 1. The summed E-state index contributed by atoms with van der Waals surface area (Å²) in [5, 5.41) is 5.74. The van der Waals surface area contributed by atoms with Gasteiger partial charge in [0.15, 0.2) is 0 Å². The highest BCUT2D eigenvalue weighted by atomic mass is 16.2. The first-order valence-electron chi connectivity index (χ1n) is 4.81. The molecule has 0 spiro atoms. The fourth-order valence-corrected chi connectivity index (χ4v) is 0.750. The summed E-state index contributed by atoms with van der Waals surface area (Å²) in [5.41, 5.74) is -0.166. The van der Waals surface area contributed by atoms with Gasteiger partial charge in [0.1, 0.15) is 0 Å². The number of rotatable bonds is 2. The number of hydrogen-bond acceptors (Lipinski definition) is 1. The van der Waals surface area contributed by atoms with E-state index in [1.807, 2.05) is 27.7 Å². The van der Waals surface area contributed by atoms with Crippen molar-refractivity contribution in [3.63, 3.8) is 0 Å². The van der Waals surface area contributed by atoms with Crippen molar-refractivity contribution in [3.8, 4) is 0 Å². The zero-order valence-electron chi connectivity index (χ0n) is 9.56. The van der Waals surface area contributed by atoms with E-state index in [9.17, 15) is 4.79 Å². The number of nitrogens with one attached hydrogen (secondary N) is 2. The zero-order valence-corrected chi connectivity index (χ0v) is 9.56. The first kappa shape index (κ1) is 12.3. The standard InChI is InChI=1S/C10H22N2O/c1-7(2)8(3)11-9(13)12-10(4,5)6/h7-8H,1-6H3,(H2,11,12,13). The van der Waals surface area contributed by atoms with Crippen molar-refractivity contribution < 1.29 is 4.79 Å². The normalized spacial score (nSPS) is 14.1. The van der Waals surface area contributed by atoms with Gasteiger partial charge in [0.25, 0.3) is 0 Å². The average molecular weight is 186 g/mol. The van der Waals surface area contributed by atoms with Crippen LogP contribution < -0.4 is 10.6 Å². The van der Waals surface area contributed by atoms with Crippen LogP contribution in [0.25, 0.3) is 0 Å². The van der Waals surface area contributed by atoms with Crippen molar-refractivity contribution in [1.82, 2.24) is 10.6 Å². The second-order valence-corrected chi connectivity index (χ2v) is 4.88. The summed E-state index contributed by atoms with van der Waals surface area (Å²) in [4.78, 5) is 11.4. The van der Waals surface area contributed by atoms with E-state index in [0.717, 1.165) is 0 Å². The van der Waals surface area contributed by atoms with Crippen LogP contribution in [0.15, 0.2) is 0 Å². The SMILES string of the molecule is CC(C)C(C)NC(=O)NC(C)(C)C. The first-order valence-corrected chi connectivity index (χ1v) is 4.81. The van der Waals surface area contributed by atoms with Crippen molar-refractivity contribution in [2.24, 2.45) is 5.92 Å². The van der Waals surface area contributed by atoms with Crippen LogP contribution in [0.1, 0.15) is 41.5 Å². The molecule has 2 N–H and O–H groups in total. The highest BCUT2D eigenvalue weighted by Gasteiger charge is 2.16. The molecule has 0 saturated carbocycles. The summed E-state index contributed by atoms with van der Waals surface area (Å²) in [6.07, 6.45) is 0. The molecule has 1 atom stereocenters. The molecule has 0 rings (SSSR count). The Morgan fingerprint density at radius 2 is 1.62 bits per heavy atom. The third kappa shape index (κ3) is 6.43. The molecule has 0 bridgehead atoms. The molecule has 0 aliphatic heterocycles. The minimum Gasteiger partial charge on any atom is -0.335 e. The molecule has 0 saturated heterocycles. The molecule has 0 radical (unpaired) electrons. The maximum atomic E-state index is 11.4. The molecule has 0 aromatic carbocycles. The molecule has 2 amide bonds. The number of carbonyl (C=O) groups is 1. The van der Waals surface area contributed by atoms with Crippen molar-refractivity contribution in [1.29, 1.82) is 0 Å². The minimum atomic E-state index is -0.166. The Labute approximate surface area is 81.3 Å². The van der Waals surface area contributed by atoms with Gasteiger partial charge in [-0.3, -0.25) is 0 Å². The van der Waals surface area contributed by atoms with E-state index in [4.69, 9.17) is 0 Å². The van der Waals surface area contributed by atoms with E-state index in [0.29, 0.717) is 5.92 Å².